The number of thiazole rings is 1. The Bertz CT molecular complexity index is 1250. The standard InChI is InChI=1S/C24H24N4O3S4/c1-15(29)16-4-6-17(7-5-16)25-21(30)13-33-23-27-19-9-8-18(12-20(19)35-23)26-22(31)14-34-24(32)28-10-2-3-11-28/h4-9,12H,2-3,10-11,13-14H2,1H3,(H,25,30)(H,26,31). The molecule has 182 valence electrons. The summed E-state index contributed by atoms with van der Waals surface area (Å²) in [6, 6.07) is 12.4. The summed E-state index contributed by atoms with van der Waals surface area (Å²) < 4.78 is 2.50. The monoisotopic (exact) mass is 544 g/mol. The van der Waals surface area contributed by atoms with Crippen LogP contribution in [0.5, 0.6) is 0 Å². The average Bonchev–Trinajstić information content (AvgIpc) is 3.51. The molecule has 2 N–H and O–H groups in total. The van der Waals surface area contributed by atoms with E-state index in [2.05, 4.69) is 20.5 Å². The molecule has 2 aromatic carbocycles. The molecule has 0 aliphatic carbocycles. The number of fused-ring (bicyclic) bond motifs is 1. The van der Waals surface area contributed by atoms with Gasteiger partial charge in [0.1, 0.15) is 4.32 Å². The van der Waals surface area contributed by atoms with E-state index in [0.29, 0.717) is 16.9 Å². The van der Waals surface area contributed by atoms with Crippen LogP contribution in [-0.2, 0) is 9.59 Å². The van der Waals surface area contributed by atoms with Crippen LogP contribution in [-0.4, -0.2) is 56.4 Å². The van der Waals surface area contributed by atoms with Crippen LogP contribution in [0.2, 0.25) is 0 Å². The molecule has 0 saturated carbocycles. The number of hydrogen-bond acceptors (Lipinski definition) is 8. The van der Waals surface area contributed by atoms with Crippen molar-refractivity contribution in [1.29, 1.82) is 0 Å². The number of rotatable bonds is 8. The van der Waals surface area contributed by atoms with Gasteiger partial charge in [0.2, 0.25) is 11.8 Å². The second-order valence-corrected chi connectivity index (χ2v) is 11.8. The zero-order valence-electron chi connectivity index (χ0n) is 19.0. The van der Waals surface area contributed by atoms with E-state index in [4.69, 9.17) is 12.2 Å². The maximum atomic E-state index is 12.4. The maximum Gasteiger partial charge on any atom is 0.234 e. The quantitative estimate of drug-likeness (QED) is 0.225. The van der Waals surface area contributed by atoms with Crippen molar-refractivity contribution in [3.8, 4) is 0 Å². The number of ketones is 1. The highest BCUT2D eigenvalue weighted by molar-refractivity contribution is 8.23. The third-order valence-corrected chi connectivity index (χ3v) is 8.93. The van der Waals surface area contributed by atoms with Gasteiger partial charge in [-0.25, -0.2) is 4.98 Å². The molecule has 0 spiro atoms. The first-order chi connectivity index (χ1) is 16.9. The summed E-state index contributed by atoms with van der Waals surface area (Å²) in [7, 11) is 0. The highest BCUT2D eigenvalue weighted by Crippen LogP contribution is 2.31. The summed E-state index contributed by atoms with van der Waals surface area (Å²) in [6.45, 7) is 3.46. The van der Waals surface area contributed by atoms with E-state index in [-0.39, 0.29) is 29.1 Å². The molecule has 2 amide bonds. The molecule has 11 heteroatoms. The van der Waals surface area contributed by atoms with E-state index in [0.717, 1.165) is 44.8 Å². The lowest BCUT2D eigenvalue weighted by Crippen LogP contribution is -2.25. The maximum absolute atomic E-state index is 12.4. The zero-order chi connectivity index (χ0) is 24.8. The van der Waals surface area contributed by atoms with Crippen molar-refractivity contribution in [3.05, 3.63) is 48.0 Å². The van der Waals surface area contributed by atoms with Gasteiger partial charge in [0.25, 0.3) is 0 Å². The summed E-state index contributed by atoms with van der Waals surface area (Å²) in [5.41, 5.74) is 2.78. The van der Waals surface area contributed by atoms with Crippen molar-refractivity contribution in [2.24, 2.45) is 0 Å². The lowest BCUT2D eigenvalue weighted by Gasteiger charge is -2.17. The normalized spacial score (nSPS) is 13.1. The van der Waals surface area contributed by atoms with Crippen LogP contribution in [0.4, 0.5) is 11.4 Å². The van der Waals surface area contributed by atoms with Gasteiger partial charge < -0.3 is 15.5 Å². The minimum absolute atomic E-state index is 0.0162. The number of anilines is 2. The predicted molar refractivity (Wildman–Crippen MR) is 150 cm³/mol. The summed E-state index contributed by atoms with van der Waals surface area (Å²) in [5, 5.41) is 5.75. The largest absolute Gasteiger partial charge is 0.358 e. The van der Waals surface area contributed by atoms with E-state index < -0.39 is 0 Å². The van der Waals surface area contributed by atoms with Gasteiger partial charge in [-0.15, -0.1) is 11.3 Å². The highest BCUT2D eigenvalue weighted by atomic mass is 32.2. The molecular formula is C24H24N4O3S4. The topological polar surface area (TPSA) is 91.4 Å². The Morgan fingerprint density at radius 3 is 2.37 bits per heavy atom. The first-order valence-electron chi connectivity index (χ1n) is 11.0. The van der Waals surface area contributed by atoms with Gasteiger partial charge in [-0.1, -0.05) is 35.7 Å². The predicted octanol–water partition coefficient (Wildman–Crippen LogP) is 5.28. The molecule has 35 heavy (non-hydrogen) atoms. The Morgan fingerprint density at radius 1 is 1.00 bits per heavy atom. The second kappa shape index (κ2) is 12.0. The molecular weight excluding hydrogens is 521 g/mol. The van der Waals surface area contributed by atoms with Gasteiger partial charge >= 0.3 is 0 Å². The van der Waals surface area contributed by atoms with E-state index in [1.54, 1.807) is 24.3 Å². The van der Waals surface area contributed by atoms with Crippen LogP contribution in [0.15, 0.2) is 46.8 Å². The van der Waals surface area contributed by atoms with Crippen LogP contribution in [0, 0.1) is 0 Å². The molecule has 4 rings (SSSR count). The Morgan fingerprint density at radius 2 is 1.66 bits per heavy atom. The number of nitrogens with one attached hydrogen (secondary N) is 2. The Balaban J connectivity index is 1.27. The molecule has 0 bridgehead atoms. The fraction of sp³-hybridized carbons (Fsp3) is 0.292. The van der Waals surface area contributed by atoms with E-state index >= 15 is 0 Å². The number of aromatic nitrogens is 1. The lowest BCUT2D eigenvalue weighted by atomic mass is 10.1. The van der Waals surface area contributed by atoms with Crippen molar-refractivity contribution >= 4 is 90.6 Å². The van der Waals surface area contributed by atoms with Gasteiger partial charge in [0, 0.05) is 30.0 Å². The third-order valence-electron chi connectivity index (χ3n) is 5.25. The van der Waals surface area contributed by atoms with Crippen molar-refractivity contribution in [3.63, 3.8) is 0 Å². The molecule has 1 aromatic heterocycles. The summed E-state index contributed by atoms with van der Waals surface area (Å²) in [5.74, 6) is 0.234. The van der Waals surface area contributed by atoms with Gasteiger partial charge in [-0.3, -0.25) is 14.4 Å². The first-order valence-corrected chi connectivity index (χ1v) is 14.2. The molecule has 7 nitrogen and oxygen atoms in total. The lowest BCUT2D eigenvalue weighted by molar-refractivity contribution is -0.114. The van der Waals surface area contributed by atoms with Crippen LogP contribution in [0.25, 0.3) is 10.2 Å². The van der Waals surface area contributed by atoms with Gasteiger partial charge in [0.05, 0.1) is 21.7 Å². The molecule has 1 fully saturated rings. The number of hydrogen-bond donors (Lipinski definition) is 2. The smallest absolute Gasteiger partial charge is 0.234 e. The molecule has 0 unspecified atom stereocenters. The van der Waals surface area contributed by atoms with Crippen molar-refractivity contribution in [2.75, 3.05) is 35.2 Å². The Hall–Kier alpha value is -2.47. The van der Waals surface area contributed by atoms with E-state index in [9.17, 15) is 14.4 Å². The SMILES string of the molecule is CC(=O)c1ccc(NC(=O)CSc2nc3ccc(NC(=O)CSC(=S)N4CCCC4)cc3s2)cc1. The van der Waals surface area contributed by atoms with E-state index in [1.165, 1.54) is 41.8 Å². The van der Waals surface area contributed by atoms with Gasteiger partial charge in [-0.2, -0.15) is 0 Å². The molecule has 1 saturated heterocycles. The number of carbonyl (C=O) groups is 3. The number of benzene rings is 2. The number of Topliss-reactive ketones (excluding diaryl/α,β-unsaturated/α-hetero) is 1. The second-order valence-electron chi connectivity index (χ2n) is 7.93. The fourth-order valence-corrected chi connectivity index (χ4v) is 6.43. The van der Waals surface area contributed by atoms with Crippen LogP contribution < -0.4 is 10.6 Å². The van der Waals surface area contributed by atoms with Crippen LogP contribution in [0.1, 0.15) is 30.1 Å². The molecule has 1 aliphatic heterocycles. The summed E-state index contributed by atoms with van der Waals surface area (Å²) in [4.78, 5) is 42.8. The van der Waals surface area contributed by atoms with Crippen molar-refractivity contribution < 1.29 is 14.4 Å². The van der Waals surface area contributed by atoms with Crippen molar-refractivity contribution in [2.45, 2.75) is 24.1 Å². The number of nitrogens with zero attached hydrogens (tertiary/aromatic N) is 2. The molecule has 0 atom stereocenters. The summed E-state index contributed by atoms with van der Waals surface area (Å²) >= 11 is 9.65. The number of amides is 2. The Labute approximate surface area is 221 Å². The van der Waals surface area contributed by atoms with Crippen molar-refractivity contribution in [1.82, 2.24) is 9.88 Å². The average molecular weight is 545 g/mol. The van der Waals surface area contributed by atoms with Gasteiger partial charge in [0.15, 0.2) is 10.1 Å². The molecule has 1 aliphatic rings. The third kappa shape index (κ3) is 7.26. The molecule has 3 aromatic rings. The number of thioether (sulfide) groups is 2. The number of likely N-dealkylation sites (tertiary alicyclic amines) is 1. The number of thiocarbonyl (C=S) groups is 1. The summed E-state index contributed by atoms with van der Waals surface area (Å²) in [6.07, 6.45) is 2.31. The molecule has 0 radical (unpaired) electrons. The first kappa shape index (κ1) is 25.6. The van der Waals surface area contributed by atoms with E-state index in [1.807, 2.05) is 18.2 Å². The van der Waals surface area contributed by atoms with Crippen LogP contribution >= 0.6 is 47.1 Å². The number of carbonyl (C=O) groups excluding carboxylic acids is 3. The van der Waals surface area contributed by atoms with Gasteiger partial charge in [-0.05, 0) is 62.2 Å². The molecule has 2 heterocycles. The Kier molecular flexibility index (Phi) is 8.77. The highest BCUT2D eigenvalue weighted by Gasteiger charge is 2.16. The minimum Gasteiger partial charge on any atom is -0.358 e. The minimum atomic E-state index is -0.151. The zero-order valence-corrected chi connectivity index (χ0v) is 22.3. The van der Waals surface area contributed by atoms with Crippen LogP contribution in [0.3, 0.4) is 0 Å². The fourth-order valence-electron chi connectivity index (χ4n) is 3.47.